The monoisotopic (exact) mass is 355 g/mol. The van der Waals surface area contributed by atoms with Crippen LogP contribution >= 0.6 is 0 Å². The van der Waals surface area contributed by atoms with Gasteiger partial charge in [-0.25, -0.2) is 9.50 Å². The summed E-state index contributed by atoms with van der Waals surface area (Å²) in [5, 5.41) is 19.0. The lowest BCUT2D eigenvalue weighted by Gasteiger charge is -2.27. The third-order valence-corrected chi connectivity index (χ3v) is 4.48. The van der Waals surface area contributed by atoms with Crippen molar-refractivity contribution in [3.8, 4) is 0 Å². The second-order valence-electron chi connectivity index (χ2n) is 6.73. The summed E-state index contributed by atoms with van der Waals surface area (Å²) in [6.45, 7) is 2.10. The molecule has 1 N–H and O–H groups in total. The number of hydrogen-bond acceptors (Lipinski definition) is 6. The molecular weight excluding hydrogens is 334 g/mol. The second-order valence-corrected chi connectivity index (χ2v) is 6.73. The fraction of sp³-hybridized carbons (Fsp3) is 0.412. The van der Waals surface area contributed by atoms with Crippen LogP contribution in [0.3, 0.4) is 0 Å². The van der Waals surface area contributed by atoms with Crippen molar-refractivity contribution in [3.63, 3.8) is 0 Å². The van der Waals surface area contributed by atoms with Crippen LogP contribution in [0.15, 0.2) is 30.6 Å². The van der Waals surface area contributed by atoms with E-state index in [1.54, 1.807) is 27.9 Å². The lowest BCUT2D eigenvalue weighted by molar-refractivity contribution is 0.0697. The van der Waals surface area contributed by atoms with Gasteiger partial charge in [-0.2, -0.15) is 10.2 Å². The van der Waals surface area contributed by atoms with Gasteiger partial charge in [0.1, 0.15) is 6.10 Å². The molecule has 9 heteroatoms. The van der Waals surface area contributed by atoms with Crippen LogP contribution in [0.5, 0.6) is 0 Å². The Morgan fingerprint density at radius 3 is 3.04 bits per heavy atom. The highest BCUT2D eigenvalue weighted by molar-refractivity contribution is 5.93. The van der Waals surface area contributed by atoms with Crippen molar-refractivity contribution in [2.45, 2.75) is 19.2 Å². The molecule has 4 heterocycles. The van der Waals surface area contributed by atoms with Crippen LogP contribution in [0.1, 0.15) is 28.0 Å². The molecule has 0 aromatic carbocycles. The van der Waals surface area contributed by atoms with Crippen molar-refractivity contribution >= 4 is 11.6 Å². The first-order valence-electron chi connectivity index (χ1n) is 8.50. The number of amides is 1. The molecule has 1 aliphatic rings. The van der Waals surface area contributed by atoms with Gasteiger partial charge in [0, 0.05) is 19.3 Å². The molecule has 1 amide bonds. The number of carbonyl (C=O) groups is 1. The lowest BCUT2D eigenvalue weighted by atomic mass is 10.2. The molecule has 0 bridgehead atoms. The Balaban J connectivity index is 1.55. The Bertz CT molecular complexity index is 946. The van der Waals surface area contributed by atoms with Crippen molar-refractivity contribution < 1.29 is 9.90 Å². The van der Waals surface area contributed by atoms with Gasteiger partial charge >= 0.3 is 0 Å². The van der Waals surface area contributed by atoms with E-state index in [4.69, 9.17) is 0 Å². The molecule has 0 aliphatic carbocycles. The second kappa shape index (κ2) is 6.50. The van der Waals surface area contributed by atoms with Crippen molar-refractivity contribution in [1.29, 1.82) is 0 Å². The zero-order chi connectivity index (χ0) is 18.3. The first-order chi connectivity index (χ1) is 12.5. The number of aliphatic hydroxyl groups is 1. The third kappa shape index (κ3) is 2.95. The normalized spacial score (nSPS) is 15.5. The quantitative estimate of drug-likeness (QED) is 0.718. The Labute approximate surface area is 150 Å². The van der Waals surface area contributed by atoms with Gasteiger partial charge in [-0.1, -0.05) is 0 Å². The minimum absolute atomic E-state index is 0.112. The van der Waals surface area contributed by atoms with E-state index in [9.17, 15) is 9.90 Å². The molecule has 9 nitrogen and oxygen atoms in total. The first kappa shape index (κ1) is 16.7. The number of likely N-dealkylation sites (N-methyl/N-ethyl adjacent to an activating group) is 1. The summed E-state index contributed by atoms with van der Waals surface area (Å²) in [4.78, 5) is 20.8. The van der Waals surface area contributed by atoms with E-state index in [1.807, 2.05) is 35.8 Å². The highest BCUT2D eigenvalue weighted by Gasteiger charge is 2.26. The van der Waals surface area contributed by atoms with Gasteiger partial charge in [-0.15, -0.1) is 0 Å². The molecule has 3 aromatic rings. The smallest absolute Gasteiger partial charge is 0.274 e. The summed E-state index contributed by atoms with van der Waals surface area (Å²) >= 11 is 0. The zero-order valence-corrected chi connectivity index (χ0v) is 14.8. The molecule has 1 aliphatic heterocycles. The van der Waals surface area contributed by atoms with Gasteiger partial charge in [-0.3, -0.25) is 9.48 Å². The van der Waals surface area contributed by atoms with E-state index in [-0.39, 0.29) is 5.91 Å². The average Bonchev–Trinajstić information content (AvgIpc) is 3.24. The molecule has 26 heavy (non-hydrogen) atoms. The van der Waals surface area contributed by atoms with Gasteiger partial charge < -0.3 is 14.9 Å². The summed E-state index contributed by atoms with van der Waals surface area (Å²) in [7, 11) is 3.81. The molecule has 3 aromatic heterocycles. The minimum atomic E-state index is -0.643. The molecule has 136 valence electrons. The SMILES string of the molecule is CN(C)C[C@H](O)c1cc2n(n1)CCN(C(=O)c1cnc3cccnn13)C2. The van der Waals surface area contributed by atoms with Crippen LogP contribution in [0.4, 0.5) is 0 Å². The molecule has 0 spiro atoms. The minimum Gasteiger partial charge on any atom is -0.385 e. The van der Waals surface area contributed by atoms with Crippen molar-refractivity contribution in [2.75, 3.05) is 27.2 Å². The van der Waals surface area contributed by atoms with Gasteiger partial charge in [-0.05, 0) is 32.3 Å². The maximum Gasteiger partial charge on any atom is 0.274 e. The number of rotatable bonds is 4. The maximum atomic E-state index is 12.9. The fourth-order valence-corrected chi connectivity index (χ4v) is 3.20. The Kier molecular flexibility index (Phi) is 4.17. The molecular formula is C17H21N7O2. The predicted molar refractivity (Wildman–Crippen MR) is 93.5 cm³/mol. The molecule has 4 rings (SSSR count). The van der Waals surface area contributed by atoms with E-state index in [2.05, 4.69) is 15.2 Å². The van der Waals surface area contributed by atoms with Gasteiger partial charge in [0.2, 0.25) is 0 Å². The Morgan fingerprint density at radius 1 is 1.38 bits per heavy atom. The number of nitrogens with zero attached hydrogens (tertiary/aromatic N) is 7. The average molecular weight is 355 g/mol. The van der Waals surface area contributed by atoms with E-state index in [0.29, 0.717) is 43.2 Å². The molecule has 0 fully saturated rings. The van der Waals surface area contributed by atoms with Crippen molar-refractivity contribution in [1.82, 2.24) is 34.2 Å². The van der Waals surface area contributed by atoms with E-state index >= 15 is 0 Å². The third-order valence-electron chi connectivity index (χ3n) is 4.48. The number of fused-ring (bicyclic) bond motifs is 2. The van der Waals surface area contributed by atoms with Gasteiger partial charge in [0.05, 0.1) is 30.7 Å². The summed E-state index contributed by atoms with van der Waals surface area (Å²) in [6.07, 6.45) is 2.55. The molecule has 0 saturated carbocycles. The molecule has 0 saturated heterocycles. The Hall–Kier alpha value is -2.78. The van der Waals surface area contributed by atoms with Crippen LogP contribution in [-0.2, 0) is 13.1 Å². The Morgan fingerprint density at radius 2 is 2.23 bits per heavy atom. The largest absolute Gasteiger partial charge is 0.385 e. The number of aliphatic hydroxyl groups excluding tert-OH is 1. The lowest BCUT2D eigenvalue weighted by Crippen LogP contribution is -2.39. The summed E-state index contributed by atoms with van der Waals surface area (Å²) < 4.78 is 3.42. The summed E-state index contributed by atoms with van der Waals surface area (Å²) in [5.74, 6) is -0.112. The standard InChI is InChI=1S/C17H21N7O2/c1-21(2)11-15(25)13-8-12-10-22(6-7-23(12)20-13)17(26)14-9-18-16-4-3-5-19-24(14)16/h3-5,8-9,15,25H,6-7,10-11H2,1-2H3/t15-/m0/s1. The maximum absolute atomic E-state index is 12.9. The summed E-state index contributed by atoms with van der Waals surface area (Å²) in [6, 6.07) is 5.48. The highest BCUT2D eigenvalue weighted by atomic mass is 16.3. The van der Waals surface area contributed by atoms with Crippen molar-refractivity contribution in [2.24, 2.45) is 0 Å². The van der Waals surface area contributed by atoms with Crippen molar-refractivity contribution in [3.05, 3.63) is 47.7 Å². The molecule has 1 atom stereocenters. The number of carbonyl (C=O) groups excluding carboxylic acids is 1. The number of imidazole rings is 1. The number of aromatic nitrogens is 5. The van der Waals surface area contributed by atoms with Crippen LogP contribution in [0.25, 0.3) is 5.65 Å². The van der Waals surface area contributed by atoms with E-state index in [1.165, 1.54) is 0 Å². The van der Waals surface area contributed by atoms with Crippen LogP contribution < -0.4 is 0 Å². The van der Waals surface area contributed by atoms with Gasteiger partial charge in [0.15, 0.2) is 11.3 Å². The molecule has 0 radical (unpaired) electrons. The summed E-state index contributed by atoms with van der Waals surface area (Å²) in [5.41, 5.74) is 2.65. The first-order valence-corrected chi connectivity index (χ1v) is 8.50. The number of hydrogen-bond donors (Lipinski definition) is 1. The van der Waals surface area contributed by atoms with E-state index < -0.39 is 6.10 Å². The highest BCUT2D eigenvalue weighted by Crippen LogP contribution is 2.20. The van der Waals surface area contributed by atoms with Crippen LogP contribution in [0, 0.1) is 0 Å². The fourth-order valence-electron chi connectivity index (χ4n) is 3.20. The predicted octanol–water partition coefficient (Wildman–Crippen LogP) is 0.177. The van der Waals surface area contributed by atoms with Gasteiger partial charge in [0.25, 0.3) is 5.91 Å². The van der Waals surface area contributed by atoms with Crippen LogP contribution in [-0.4, -0.2) is 72.4 Å². The topological polar surface area (TPSA) is 91.8 Å². The molecule has 0 unspecified atom stereocenters. The van der Waals surface area contributed by atoms with Crippen LogP contribution in [0.2, 0.25) is 0 Å². The van der Waals surface area contributed by atoms with E-state index in [0.717, 1.165) is 5.69 Å². The zero-order valence-electron chi connectivity index (χ0n) is 14.8.